The maximum atomic E-state index is 12.6. The van der Waals surface area contributed by atoms with E-state index in [-0.39, 0.29) is 36.3 Å². The minimum atomic E-state index is -0.244. The second kappa shape index (κ2) is 12.0. The van der Waals surface area contributed by atoms with E-state index in [0.29, 0.717) is 22.5 Å². The van der Waals surface area contributed by atoms with Crippen molar-refractivity contribution in [1.82, 2.24) is 10.6 Å². The van der Waals surface area contributed by atoms with E-state index in [1.807, 2.05) is 19.9 Å². The van der Waals surface area contributed by atoms with Crippen molar-refractivity contribution in [2.24, 2.45) is 0 Å². The van der Waals surface area contributed by atoms with Gasteiger partial charge in [0.25, 0.3) is 11.8 Å². The molecular weight excluding hydrogens is 416 g/mol. The zero-order chi connectivity index (χ0) is 23.6. The molecule has 2 aromatic carbocycles. The Balaban J connectivity index is 1.51. The van der Waals surface area contributed by atoms with Crippen LogP contribution in [-0.2, 0) is 4.79 Å². The predicted octanol–water partition coefficient (Wildman–Crippen LogP) is 4.33. The summed E-state index contributed by atoms with van der Waals surface area (Å²) in [6.07, 6.45) is 6.47. The molecule has 1 saturated carbocycles. The van der Waals surface area contributed by atoms with Gasteiger partial charge < -0.3 is 21.3 Å². The van der Waals surface area contributed by atoms with E-state index in [1.54, 1.807) is 42.5 Å². The Morgan fingerprint density at radius 1 is 0.909 bits per heavy atom. The van der Waals surface area contributed by atoms with Gasteiger partial charge in [0.15, 0.2) is 0 Å². The van der Waals surface area contributed by atoms with Crippen LogP contribution in [0.1, 0.15) is 73.1 Å². The van der Waals surface area contributed by atoms with Gasteiger partial charge in [-0.1, -0.05) is 38.3 Å². The Hall–Kier alpha value is -3.35. The second-order valence-electron chi connectivity index (χ2n) is 8.65. The third-order valence-electron chi connectivity index (χ3n) is 5.92. The maximum absolute atomic E-state index is 12.6. The number of carbonyl (C=O) groups is 3. The molecule has 7 heteroatoms. The SMILES string of the molecule is CCC(C)NC(=O)c1cccc(NC(=O)CNc2cccc(C(=O)NC3CCCCC3)c2)c1. The van der Waals surface area contributed by atoms with Crippen LogP contribution in [0.5, 0.6) is 0 Å². The van der Waals surface area contributed by atoms with Crippen molar-refractivity contribution in [3.63, 3.8) is 0 Å². The first-order valence-corrected chi connectivity index (χ1v) is 11.8. The van der Waals surface area contributed by atoms with Crippen molar-refractivity contribution >= 4 is 29.1 Å². The number of anilines is 2. The van der Waals surface area contributed by atoms with E-state index in [1.165, 1.54) is 6.42 Å². The summed E-state index contributed by atoms with van der Waals surface area (Å²) in [7, 11) is 0. The monoisotopic (exact) mass is 450 g/mol. The van der Waals surface area contributed by atoms with E-state index < -0.39 is 0 Å². The molecule has 3 amide bonds. The molecular formula is C26H34N4O3. The first-order valence-electron chi connectivity index (χ1n) is 11.8. The molecule has 0 bridgehead atoms. The molecule has 176 valence electrons. The van der Waals surface area contributed by atoms with Crippen LogP contribution in [0, 0.1) is 0 Å². The van der Waals surface area contributed by atoms with Crippen LogP contribution in [0.25, 0.3) is 0 Å². The third-order valence-corrected chi connectivity index (χ3v) is 5.92. The molecule has 1 aliphatic carbocycles. The van der Waals surface area contributed by atoms with Gasteiger partial charge >= 0.3 is 0 Å². The van der Waals surface area contributed by atoms with E-state index in [2.05, 4.69) is 21.3 Å². The zero-order valence-corrected chi connectivity index (χ0v) is 19.4. The summed E-state index contributed by atoms with van der Waals surface area (Å²) in [6.45, 7) is 3.99. The molecule has 3 rings (SSSR count). The van der Waals surface area contributed by atoms with E-state index >= 15 is 0 Å². The lowest BCUT2D eigenvalue weighted by atomic mass is 9.95. The van der Waals surface area contributed by atoms with Gasteiger partial charge in [-0.15, -0.1) is 0 Å². The Bertz CT molecular complexity index is 970. The van der Waals surface area contributed by atoms with Gasteiger partial charge in [-0.3, -0.25) is 14.4 Å². The number of hydrogen-bond acceptors (Lipinski definition) is 4. The number of carbonyl (C=O) groups excluding carboxylic acids is 3. The summed E-state index contributed by atoms with van der Waals surface area (Å²) >= 11 is 0. The van der Waals surface area contributed by atoms with E-state index in [9.17, 15) is 14.4 Å². The zero-order valence-electron chi connectivity index (χ0n) is 19.4. The first kappa shape index (κ1) is 24.3. The standard InChI is InChI=1S/C26H34N4O3/c1-3-18(2)28-25(32)20-10-8-14-23(16-20)29-24(31)17-27-22-13-7-9-19(15-22)26(33)30-21-11-5-4-6-12-21/h7-10,13-16,18,21,27H,3-6,11-12,17H2,1-2H3,(H,28,32)(H,29,31)(H,30,33). The molecule has 1 atom stereocenters. The highest BCUT2D eigenvalue weighted by Crippen LogP contribution is 2.18. The van der Waals surface area contributed by atoms with Crippen LogP contribution in [0.4, 0.5) is 11.4 Å². The molecule has 1 fully saturated rings. The lowest BCUT2D eigenvalue weighted by molar-refractivity contribution is -0.114. The quantitative estimate of drug-likeness (QED) is 0.457. The Labute approximate surface area is 195 Å². The first-order chi connectivity index (χ1) is 15.9. The average Bonchev–Trinajstić information content (AvgIpc) is 2.83. The lowest BCUT2D eigenvalue weighted by Gasteiger charge is -2.22. The molecule has 4 N–H and O–H groups in total. The third kappa shape index (κ3) is 7.63. The number of amides is 3. The van der Waals surface area contributed by atoms with Crippen LogP contribution in [0.15, 0.2) is 48.5 Å². The summed E-state index contributed by atoms with van der Waals surface area (Å²) in [5, 5.41) is 11.9. The summed E-state index contributed by atoms with van der Waals surface area (Å²) in [6, 6.07) is 14.3. The number of nitrogens with one attached hydrogen (secondary N) is 4. The fraction of sp³-hybridized carbons (Fsp3) is 0.423. The van der Waals surface area contributed by atoms with Crippen LogP contribution >= 0.6 is 0 Å². The Morgan fingerprint density at radius 2 is 1.55 bits per heavy atom. The maximum Gasteiger partial charge on any atom is 0.251 e. The van der Waals surface area contributed by atoms with Gasteiger partial charge in [-0.05, 0) is 62.6 Å². The van der Waals surface area contributed by atoms with Crippen LogP contribution < -0.4 is 21.3 Å². The molecule has 2 aromatic rings. The molecule has 0 radical (unpaired) electrons. The normalized spacial score (nSPS) is 14.7. The van der Waals surface area contributed by atoms with Gasteiger partial charge in [0, 0.05) is 34.6 Å². The summed E-state index contributed by atoms with van der Waals surface area (Å²) < 4.78 is 0. The molecule has 33 heavy (non-hydrogen) atoms. The number of rotatable bonds is 9. The Morgan fingerprint density at radius 3 is 2.24 bits per heavy atom. The lowest BCUT2D eigenvalue weighted by Crippen LogP contribution is -2.36. The predicted molar refractivity (Wildman–Crippen MR) is 132 cm³/mol. The molecule has 1 aliphatic rings. The van der Waals surface area contributed by atoms with Crippen molar-refractivity contribution in [1.29, 1.82) is 0 Å². The number of hydrogen-bond donors (Lipinski definition) is 4. The van der Waals surface area contributed by atoms with Crippen LogP contribution in [0.2, 0.25) is 0 Å². The van der Waals surface area contributed by atoms with E-state index in [0.717, 1.165) is 32.1 Å². The van der Waals surface area contributed by atoms with Crippen LogP contribution in [0.3, 0.4) is 0 Å². The van der Waals surface area contributed by atoms with Gasteiger partial charge in [-0.25, -0.2) is 0 Å². The summed E-state index contributed by atoms with van der Waals surface area (Å²) in [5.74, 6) is -0.490. The topological polar surface area (TPSA) is 99.3 Å². The molecule has 0 aliphatic heterocycles. The fourth-order valence-electron chi connectivity index (χ4n) is 3.82. The average molecular weight is 451 g/mol. The van der Waals surface area contributed by atoms with Gasteiger partial charge in [0.1, 0.15) is 0 Å². The smallest absolute Gasteiger partial charge is 0.251 e. The van der Waals surface area contributed by atoms with Crippen molar-refractivity contribution in [2.75, 3.05) is 17.2 Å². The van der Waals surface area contributed by atoms with Gasteiger partial charge in [0.2, 0.25) is 5.91 Å². The number of benzene rings is 2. The minimum absolute atomic E-state index is 0.0387. The molecule has 0 saturated heterocycles. The van der Waals surface area contributed by atoms with Crippen molar-refractivity contribution in [3.8, 4) is 0 Å². The van der Waals surface area contributed by atoms with Crippen LogP contribution in [-0.4, -0.2) is 36.3 Å². The van der Waals surface area contributed by atoms with E-state index in [4.69, 9.17) is 0 Å². The highest BCUT2D eigenvalue weighted by Gasteiger charge is 2.17. The summed E-state index contributed by atoms with van der Waals surface area (Å²) in [5.41, 5.74) is 2.33. The highest BCUT2D eigenvalue weighted by atomic mass is 16.2. The van der Waals surface area contributed by atoms with Crippen molar-refractivity contribution in [2.45, 2.75) is 64.5 Å². The minimum Gasteiger partial charge on any atom is -0.376 e. The molecule has 1 unspecified atom stereocenters. The van der Waals surface area contributed by atoms with Crippen molar-refractivity contribution in [3.05, 3.63) is 59.7 Å². The molecule has 0 heterocycles. The summed E-state index contributed by atoms with van der Waals surface area (Å²) in [4.78, 5) is 37.3. The van der Waals surface area contributed by atoms with Gasteiger partial charge in [0.05, 0.1) is 6.54 Å². The molecule has 0 aromatic heterocycles. The van der Waals surface area contributed by atoms with Crippen molar-refractivity contribution < 1.29 is 14.4 Å². The second-order valence-corrected chi connectivity index (χ2v) is 8.65. The molecule has 0 spiro atoms. The Kier molecular flexibility index (Phi) is 8.87. The highest BCUT2D eigenvalue weighted by molar-refractivity contribution is 5.98. The van der Waals surface area contributed by atoms with Gasteiger partial charge in [-0.2, -0.15) is 0 Å². The fourth-order valence-corrected chi connectivity index (χ4v) is 3.82. The largest absolute Gasteiger partial charge is 0.376 e. The molecule has 7 nitrogen and oxygen atoms in total.